The third-order valence-electron chi connectivity index (χ3n) is 8.53. The van der Waals surface area contributed by atoms with Crippen LogP contribution in [0.4, 0.5) is 8.78 Å². The molecule has 0 atom stereocenters. The lowest BCUT2D eigenvalue weighted by Gasteiger charge is -2.29. The number of benzene rings is 2. The monoisotopic (exact) mass is 468 g/mol. The Morgan fingerprint density at radius 1 is 0.706 bits per heavy atom. The van der Waals surface area contributed by atoms with Crippen molar-refractivity contribution in [1.29, 1.82) is 0 Å². The van der Waals surface area contributed by atoms with Crippen molar-refractivity contribution in [2.75, 3.05) is 13.7 Å². The van der Waals surface area contributed by atoms with E-state index in [1.165, 1.54) is 38.5 Å². The molecule has 4 rings (SSSR count). The van der Waals surface area contributed by atoms with Crippen molar-refractivity contribution in [3.8, 4) is 11.1 Å². The number of methoxy groups -OCH3 is 1. The second-order valence-corrected chi connectivity index (χ2v) is 10.9. The lowest BCUT2D eigenvalue weighted by Crippen LogP contribution is -2.17. The molecule has 2 aliphatic carbocycles. The van der Waals surface area contributed by atoms with E-state index in [1.807, 2.05) is 24.3 Å². The fraction of sp³-hybridized carbons (Fsp3) is 0.613. The number of rotatable bonds is 9. The average Bonchev–Trinajstić information content (AvgIpc) is 2.85. The zero-order valence-electron chi connectivity index (χ0n) is 21.1. The molecule has 0 aromatic heterocycles. The first-order valence-electron chi connectivity index (χ1n) is 13.7. The molecular formula is C31H42F2O. The Balaban J connectivity index is 1.38. The third kappa shape index (κ3) is 6.27. The summed E-state index contributed by atoms with van der Waals surface area (Å²) in [4.78, 5) is 0. The maximum absolute atomic E-state index is 15.1. The van der Waals surface area contributed by atoms with Crippen molar-refractivity contribution in [1.82, 2.24) is 0 Å². The van der Waals surface area contributed by atoms with Crippen LogP contribution in [0.15, 0.2) is 36.4 Å². The molecule has 2 saturated carbocycles. The Labute approximate surface area is 205 Å². The first-order valence-corrected chi connectivity index (χ1v) is 13.7. The molecule has 186 valence electrons. The van der Waals surface area contributed by atoms with Crippen LogP contribution in [0.25, 0.3) is 11.1 Å². The third-order valence-corrected chi connectivity index (χ3v) is 8.53. The van der Waals surface area contributed by atoms with Crippen LogP contribution in [-0.4, -0.2) is 13.7 Å². The smallest absolute Gasteiger partial charge is 0.127 e. The van der Waals surface area contributed by atoms with Crippen LogP contribution in [0.1, 0.15) is 107 Å². The predicted octanol–water partition coefficient (Wildman–Crippen LogP) is 9.41. The van der Waals surface area contributed by atoms with Gasteiger partial charge in [0.1, 0.15) is 11.6 Å². The van der Waals surface area contributed by atoms with Gasteiger partial charge < -0.3 is 4.74 Å². The fourth-order valence-electron chi connectivity index (χ4n) is 6.40. The molecule has 0 amide bonds. The van der Waals surface area contributed by atoms with E-state index in [0.29, 0.717) is 11.8 Å². The summed E-state index contributed by atoms with van der Waals surface area (Å²) in [5.41, 5.74) is 3.19. The van der Waals surface area contributed by atoms with E-state index in [4.69, 9.17) is 4.74 Å². The van der Waals surface area contributed by atoms with Crippen molar-refractivity contribution in [3.05, 3.63) is 59.2 Å². The minimum atomic E-state index is -0.154. The Kier molecular flexibility index (Phi) is 9.17. The summed E-state index contributed by atoms with van der Waals surface area (Å²) < 4.78 is 35.5. The van der Waals surface area contributed by atoms with Gasteiger partial charge in [-0.15, -0.1) is 0 Å². The SMILES string of the molecule is CCCCCC1CCC(c2ccc(-c3ccc(C4CCC(COC)CC4)c(F)c3)cc2F)CC1. The molecule has 0 aliphatic heterocycles. The first kappa shape index (κ1) is 25.4. The normalized spacial score (nSPS) is 25.4. The molecule has 1 nitrogen and oxygen atoms in total. The van der Waals surface area contributed by atoms with Gasteiger partial charge in [0.15, 0.2) is 0 Å². The van der Waals surface area contributed by atoms with Crippen molar-refractivity contribution in [2.45, 2.75) is 95.8 Å². The van der Waals surface area contributed by atoms with Crippen molar-refractivity contribution < 1.29 is 13.5 Å². The van der Waals surface area contributed by atoms with E-state index in [0.717, 1.165) is 73.3 Å². The summed E-state index contributed by atoms with van der Waals surface area (Å²) in [5, 5.41) is 0. The molecule has 0 unspecified atom stereocenters. The zero-order valence-corrected chi connectivity index (χ0v) is 21.1. The van der Waals surface area contributed by atoms with Crippen LogP contribution < -0.4 is 0 Å². The maximum atomic E-state index is 15.1. The van der Waals surface area contributed by atoms with Gasteiger partial charge in [-0.1, -0.05) is 56.9 Å². The van der Waals surface area contributed by atoms with Crippen LogP contribution in [0.3, 0.4) is 0 Å². The van der Waals surface area contributed by atoms with E-state index in [-0.39, 0.29) is 17.6 Å². The fourth-order valence-corrected chi connectivity index (χ4v) is 6.40. The minimum Gasteiger partial charge on any atom is -0.384 e. The van der Waals surface area contributed by atoms with Gasteiger partial charge in [0, 0.05) is 13.7 Å². The Morgan fingerprint density at radius 3 is 1.65 bits per heavy atom. The molecule has 0 bridgehead atoms. The summed E-state index contributed by atoms with van der Waals surface area (Å²) in [5.74, 6) is 1.73. The van der Waals surface area contributed by atoms with Crippen LogP contribution in [0.5, 0.6) is 0 Å². The highest BCUT2D eigenvalue weighted by molar-refractivity contribution is 5.64. The second kappa shape index (κ2) is 12.3. The number of halogens is 2. The van der Waals surface area contributed by atoms with Crippen LogP contribution in [0.2, 0.25) is 0 Å². The molecule has 3 heteroatoms. The summed E-state index contributed by atoms with van der Waals surface area (Å²) in [6.07, 6.45) is 14.1. The van der Waals surface area contributed by atoms with Gasteiger partial charge in [-0.05, 0) is 109 Å². The first-order chi connectivity index (χ1) is 16.6. The van der Waals surface area contributed by atoms with Crippen molar-refractivity contribution >= 4 is 0 Å². The molecule has 0 saturated heterocycles. The molecule has 0 radical (unpaired) electrons. The van der Waals surface area contributed by atoms with Gasteiger partial charge in [0.05, 0.1) is 0 Å². The zero-order chi connectivity index (χ0) is 23.9. The maximum Gasteiger partial charge on any atom is 0.127 e. The Bertz CT molecular complexity index is 908. The molecule has 0 N–H and O–H groups in total. The standard InChI is InChI=1S/C31H42F2O/c1-3-4-5-6-22-7-11-24(12-8-22)28-17-15-26(19-30(28)32)27-16-18-29(31(33)20-27)25-13-9-23(10-14-25)21-34-2/h15-20,22-25H,3-14,21H2,1-2H3. The van der Waals surface area contributed by atoms with Gasteiger partial charge in [0.25, 0.3) is 0 Å². The largest absolute Gasteiger partial charge is 0.384 e. The number of hydrogen-bond donors (Lipinski definition) is 0. The quantitative estimate of drug-likeness (QED) is 0.333. The molecule has 2 fully saturated rings. The number of hydrogen-bond acceptors (Lipinski definition) is 1. The predicted molar refractivity (Wildman–Crippen MR) is 137 cm³/mol. The summed E-state index contributed by atoms with van der Waals surface area (Å²) in [6, 6.07) is 11.1. The van der Waals surface area contributed by atoms with E-state index < -0.39 is 0 Å². The molecule has 2 aromatic carbocycles. The van der Waals surface area contributed by atoms with Gasteiger partial charge in [-0.25, -0.2) is 8.78 Å². The number of unbranched alkanes of at least 4 members (excludes halogenated alkanes) is 2. The van der Waals surface area contributed by atoms with Gasteiger partial charge in [-0.2, -0.15) is 0 Å². The molecule has 2 aromatic rings. The highest BCUT2D eigenvalue weighted by Crippen LogP contribution is 2.40. The minimum absolute atomic E-state index is 0.132. The highest BCUT2D eigenvalue weighted by Gasteiger charge is 2.26. The van der Waals surface area contributed by atoms with E-state index in [9.17, 15) is 0 Å². The van der Waals surface area contributed by atoms with Crippen molar-refractivity contribution in [2.24, 2.45) is 11.8 Å². The van der Waals surface area contributed by atoms with Crippen LogP contribution in [0, 0.1) is 23.5 Å². The van der Waals surface area contributed by atoms with E-state index >= 15 is 8.78 Å². The molecule has 0 heterocycles. The summed E-state index contributed by atoms with van der Waals surface area (Å²) >= 11 is 0. The van der Waals surface area contributed by atoms with Crippen LogP contribution in [-0.2, 0) is 4.74 Å². The molecule has 2 aliphatic rings. The van der Waals surface area contributed by atoms with Gasteiger partial charge >= 0.3 is 0 Å². The lowest BCUT2D eigenvalue weighted by atomic mass is 9.76. The van der Waals surface area contributed by atoms with Gasteiger partial charge in [-0.3, -0.25) is 0 Å². The summed E-state index contributed by atoms with van der Waals surface area (Å²) in [6.45, 7) is 3.05. The van der Waals surface area contributed by atoms with Crippen LogP contribution >= 0.6 is 0 Å². The molecular weight excluding hydrogens is 426 g/mol. The summed E-state index contributed by atoms with van der Waals surface area (Å²) in [7, 11) is 1.75. The average molecular weight is 469 g/mol. The van der Waals surface area contributed by atoms with E-state index in [1.54, 1.807) is 19.2 Å². The Morgan fingerprint density at radius 2 is 1.21 bits per heavy atom. The topological polar surface area (TPSA) is 9.23 Å². The Hall–Kier alpha value is -1.74. The number of ether oxygens (including phenoxy) is 1. The molecule has 0 spiro atoms. The van der Waals surface area contributed by atoms with E-state index in [2.05, 4.69) is 6.92 Å². The molecule has 34 heavy (non-hydrogen) atoms. The van der Waals surface area contributed by atoms with Crippen molar-refractivity contribution in [3.63, 3.8) is 0 Å². The second-order valence-electron chi connectivity index (χ2n) is 10.9. The highest BCUT2D eigenvalue weighted by atomic mass is 19.1. The lowest BCUT2D eigenvalue weighted by molar-refractivity contribution is 0.127. The van der Waals surface area contributed by atoms with Gasteiger partial charge in [0.2, 0.25) is 0 Å².